The smallest absolute Gasteiger partial charge is 0.0110 e. The van der Waals surface area contributed by atoms with Gasteiger partial charge in [-0.05, 0) is 44.2 Å². The van der Waals surface area contributed by atoms with Gasteiger partial charge in [0.2, 0.25) is 0 Å². The monoisotopic (exact) mass is 282 g/mol. The van der Waals surface area contributed by atoms with E-state index in [1.165, 1.54) is 71.2 Å². The topological polar surface area (TPSA) is 6.48 Å². The predicted molar refractivity (Wildman–Crippen MR) is 90.3 cm³/mol. The maximum atomic E-state index is 2.65. The Balaban J connectivity index is 2.06. The number of hydrogen-bond donors (Lipinski definition) is 0. The van der Waals surface area contributed by atoms with Crippen molar-refractivity contribution in [3.05, 3.63) is 0 Å². The summed E-state index contributed by atoms with van der Waals surface area (Å²) in [7, 11) is 2.23. The number of nitrogens with zero attached hydrogens (tertiary/aromatic N) is 2. The molecule has 0 unspecified atom stereocenters. The SMILES string of the molecule is CC[C@H](CCCCN1CCN(C)CC1)CCC(C)(C)C. The van der Waals surface area contributed by atoms with Crippen molar-refractivity contribution in [2.45, 2.75) is 66.2 Å². The molecule has 0 aliphatic carbocycles. The van der Waals surface area contributed by atoms with Crippen LogP contribution in [0.4, 0.5) is 0 Å². The lowest BCUT2D eigenvalue weighted by molar-refractivity contribution is 0.151. The molecule has 1 saturated heterocycles. The Labute approximate surface area is 127 Å². The van der Waals surface area contributed by atoms with Crippen LogP contribution >= 0.6 is 0 Å². The Morgan fingerprint density at radius 3 is 2.15 bits per heavy atom. The van der Waals surface area contributed by atoms with Gasteiger partial charge in [-0.1, -0.05) is 47.0 Å². The first-order valence-corrected chi connectivity index (χ1v) is 8.81. The van der Waals surface area contributed by atoms with Crippen LogP contribution < -0.4 is 0 Å². The molecule has 0 aromatic rings. The van der Waals surface area contributed by atoms with Gasteiger partial charge in [0.05, 0.1) is 0 Å². The van der Waals surface area contributed by atoms with Gasteiger partial charge in [-0.2, -0.15) is 0 Å². The first kappa shape index (κ1) is 18.0. The molecule has 0 spiro atoms. The normalized spacial score (nSPS) is 20.2. The lowest BCUT2D eigenvalue weighted by atomic mass is 9.84. The molecule has 0 N–H and O–H groups in total. The van der Waals surface area contributed by atoms with Crippen molar-refractivity contribution in [3.63, 3.8) is 0 Å². The molecule has 0 amide bonds. The fraction of sp³-hybridized carbons (Fsp3) is 1.00. The van der Waals surface area contributed by atoms with E-state index in [4.69, 9.17) is 0 Å². The molecular formula is C18H38N2. The third kappa shape index (κ3) is 8.26. The number of hydrogen-bond acceptors (Lipinski definition) is 2. The van der Waals surface area contributed by atoms with Crippen LogP contribution in [0.5, 0.6) is 0 Å². The second-order valence-corrected chi connectivity index (χ2v) is 8.01. The number of rotatable bonds is 8. The zero-order chi connectivity index (χ0) is 15.0. The standard InChI is InChI=1S/C18H38N2/c1-6-17(10-11-18(2,3)4)9-7-8-12-20-15-13-19(5)14-16-20/h17H,6-16H2,1-5H3/t17-/m1/s1. The largest absolute Gasteiger partial charge is 0.304 e. The summed E-state index contributed by atoms with van der Waals surface area (Å²) >= 11 is 0. The second kappa shape index (κ2) is 9.04. The first-order valence-electron chi connectivity index (χ1n) is 8.81. The summed E-state index contributed by atoms with van der Waals surface area (Å²) in [4.78, 5) is 5.09. The number of piperazine rings is 1. The molecule has 2 nitrogen and oxygen atoms in total. The van der Waals surface area contributed by atoms with Crippen molar-refractivity contribution in [1.82, 2.24) is 9.80 Å². The summed E-state index contributed by atoms with van der Waals surface area (Å²) in [6, 6.07) is 0. The fourth-order valence-electron chi connectivity index (χ4n) is 3.03. The first-order chi connectivity index (χ1) is 9.40. The van der Waals surface area contributed by atoms with Gasteiger partial charge in [0.15, 0.2) is 0 Å². The molecule has 1 aliphatic rings. The number of likely N-dealkylation sites (N-methyl/N-ethyl adjacent to an activating group) is 1. The van der Waals surface area contributed by atoms with E-state index in [1.807, 2.05) is 0 Å². The van der Waals surface area contributed by atoms with Crippen LogP contribution in [-0.4, -0.2) is 49.6 Å². The summed E-state index contributed by atoms with van der Waals surface area (Å²) in [6.07, 6.45) is 8.44. The minimum Gasteiger partial charge on any atom is -0.304 e. The van der Waals surface area contributed by atoms with Gasteiger partial charge in [-0.25, -0.2) is 0 Å². The Bertz CT molecular complexity index is 236. The Kier molecular flexibility index (Phi) is 8.13. The fourth-order valence-corrected chi connectivity index (χ4v) is 3.03. The molecule has 2 heteroatoms. The third-order valence-electron chi connectivity index (χ3n) is 4.81. The van der Waals surface area contributed by atoms with Crippen LogP contribution in [0, 0.1) is 11.3 Å². The highest BCUT2D eigenvalue weighted by molar-refractivity contribution is 4.70. The Morgan fingerprint density at radius 1 is 0.950 bits per heavy atom. The number of unbranched alkanes of at least 4 members (excludes halogenated alkanes) is 1. The average molecular weight is 283 g/mol. The molecule has 1 atom stereocenters. The maximum Gasteiger partial charge on any atom is 0.0110 e. The van der Waals surface area contributed by atoms with Gasteiger partial charge >= 0.3 is 0 Å². The molecule has 1 rings (SSSR count). The molecule has 1 fully saturated rings. The van der Waals surface area contributed by atoms with E-state index in [-0.39, 0.29) is 0 Å². The van der Waals surface area contributed by atoms with E-state index < -0.39 is 0 Å². The zero-order valence-corrected chi connectivity index (χ0v) is 14.7. The van der Waals surface area contributed by atoms with Crippen molar-refractivity contribution in [2.24, 2.45) is 11.3 Å². The molecule has 0 radical (unpaired) electrons. The van der Waals surface area contributed by atoms with Crippen molar-refractivity contribution in [1.29, 1.82) is 0 Å². The van der Waals surface area contributed by atoms with E-state index in [0.29, 0.717) is 5.41 Å². The van der Waals surface area contributed by atoms with Crippen LogP contribution in [-0.2, 0) is 0 Å². The van der Waals surface area contributed by atoms with Crippen molar-refractivity contribution in [2.75, 3.05) is 39.8 Å². The molecular weight excluding hydrogens is 244 g/mol. The molecule has 0 aromatic heterocycles. The Morgan fingerprint density at radius 2 is 1.60 bits per heavy atom. The van der Waals surface area contributed by atoms with Gasteiger partial charge in [-0.15, -0.1) is 0 Å². The molecule has 1 aliphatic heterocycles. The maximum absolute atomic E-state index is 2.65. The van der Waals surface area contributed by atoms with E-state index in [9.17, 15) is 0 Å². The molecule has 20 heavy (non-hydrogen) atoms. The van der Waals surface area contributed by atoms with Crippen LogP contribution in [0.3, 0.4) is 0 Å². The zero-order valence-electron chi connectivity index (χ0n) is 14.7. The lowest BCUT2D eigenvalue weighted by Gasteiger charge is -2.32. The second-order valence-electron chi connectivity index (χ2n) is 8.01. The summed E-state index contributed by atoms with van der Waals surface area (Å²) in [5, 5.41) is 0. The summed E-state index contributed by atoms with van der Waals surface area (Å²) in [6.45, 7) is 15.9. The Hall–Kier alpha value is -0.0800. The van der Waals surface area contributed by atoms with E-state index >= 15 is 0 Å². The average Bonchev–Trinajstić information content (AvgIpc) is 2.39. The molecule has 0 saturated carbocycles. The van der Waals surface area contributed by atoms with Crippen LogP contribution in [0.25, 0.3) is 0 Å². The van der Waals surface area contributed by atoms with E-state index in [0.717, 1.165) is 5.92 Å². The van der Waals surface area contributed by atoms with Crippen LogP contribution in [0.1, 0.15) is 66.2 Å². The molecule has 120 valence electrons. The van der Waals surface area contributed by atoms with Gasteiger partial charge in [0.1, 0.15) is 0 Å². The summed E-state index contributed by atoms with van der Waals surface area (Å²) < 4.78 is 0. The van der Waals surface area contributed by atoms with Gasteiger partial charge in [0, 0.05) is 26.2 Å². The molecule has 0 bridgehead atoms. The van der Waals surface area contributed by atoms with Crippen molar-refractivity contribution >= 4 is 0 Å². The molecule has 0 aromatic carbocycles. The highest BCUT2D eigenvalue weighted by Gasteiger charge is 2.15. The predicted octanol–water partition coefficient (Wildman–Crippen LogP) is 4.26. The van der Waals surface area contributed by atoms with Crippen molar-refractivity contribution in [3.8, 4) is 0 Å². The highest BCUT2D eigenvalue weighted by atomic mass is 15.2. The van der Waals surface area contributed by atoms with Gasteiger partial charge in [-0.3, -0.25) is 0 Å². The van der Waals surface area contributed by atoms with Gasteiger partial charge in [0.25, 0.3) is 0 Å². The quantitative estimate of drug-likeness (QED) is 0.614. The highest BCUT2D eigenvalue weighted by Crippen LogP contribution is 2.27. The minimum atomic E-state index is 0.507. The summed E-state index contributed by atoms with van der Waals surface area (Å²) in [5.41, 5.74) is 0.507. The van der Waals surface area contributed by atoms with Crippen molar-refractivity contribution < 1.29 is 0 Å². The van der Waals surface area contributed by atoms with Crippen LogP contribution in [0.15, 0.2) is 0 Å². The van der Waals surface area contributed by atoms with E-state index in [1.54, 1.807) is 0 Å². The van der Waals surface area contributed by atoms with Gasteiger partial charge < -0.3 is 9.80 Å². The lowest BCUT2D eigenvalue weighted by Crippen LogP contribution is -2.44. The third-order valence-corrected chi connectivity index (χ3v) is 4.81. The summed E-state index contributed by atoms with van der Waals surface area (Å²) in [5.74, 6) is 0.960. The molecule has 1 heterocycles. The van der Waals surface area contributed by atoms with Crippen LogP contribution in [0.2, 0.25) is 0 Å². The van der Waals surface area contributed by atoms with E-state index in [2.05, 4.69) is 44.5 Å². The minimum absolute atomic E-state index is 0.507.